The first-order chi connectivity index (χ1) is 7.20. The normalized spacial score (nSPS) is 10.6. The van der Waals surface area contributed by atoms with E-state index >= 15 is 0 Å². The highest BCUT2D eigenvalue weighted by Crippen LogP contribution is 2.17. The van der Waals surface area contributed by atoms with Crippen molar-refractivity contribution in [3.05, 3.63) is 47.0 Å². The molecule has 2 rings (SSSR count). The van der Waals surface area contributed by atoms with Crippen LogP contribution < -0.4 is 0 Å². The number of hydrogen-bond acceptors (Lipinski definition) is 1. The third kappa shape index (κ3) is 2.13. The maximum absolute atomic E-state index is 13.6. The summed E-state index contributed by atoms with van der Waals surface area (Å²) >= 11 is 11.3. The van der Waals surface area contributed by atoms with Gasteiger partial charge in [0.15, 0.2) is 0 Å². The SMILES string of the molecule is Fc1cc(CCl)ccc1-n1cc(Cl)cn1. The van der Waals surface area contributed by atoms with E-state index < -0.39 is 0 Å². The number of hydrogen-bond donors (Lipinski definition) is 0. The fraction of sp³-hybridized carbons (Fsp3) is 0.100. The molecule has 0 atom stereocenters. The average Bonchev–Trinajstić information content (AvgIpc) is 2.64. The molecule has 0 saturated heterocycles. The number of halogens is 3. The van der Waals surface area contributed by atoms with Crippen LogP contribution in [0.3, 0.4) is 0 Å². The van der Waals surface area contributed by atoms with Crippen LogP contribution in [-0.2, 0) is 5.88 Å². The van der Waals surface area contributed by atoms with Gasteiger partial charge in [-0.15, -0.1) is 11.6 Å². The molecule has 1 heterocycles. The second-order valence-corrected chi connectivity index (χ2v) is 3.73. The predicted octanol–water partition coefficient (Wildman–Crippen LogP) is 3.40. The van der Waals surface area contributed by atoms with E-state index in [1.165, 1.54) is 16.9 Å². The van der Waals surface area contributed by atoms with Crippen LogP contribution in [0.5, 0.6) is 0 Å². The summed E-state index contributed by atoms with van der Waals surface area (Å²) in [5.41, 5.74) is 1.09. The van der Waals surface area contributed by atoms with Gasteiger partial charge < -0.3 is 0 Å². The van der Waals surface area contributed by atoms with Crippen molar-refractivity contribution in [3.8, 4) is 5.69 Å². The first-order valence-corrected chi connectivity index (χ1v) is 5.17. The molecule has 0 unspecified atom stereocenters. The Balaban J connectivity index is 2.45. The summed E-state index contributed by atoms with van der Waals surface area (Å²) in [5.74, 6) is -0.0789. The maximum atomic E-state index is 13.6. The maximum Gasteiger partial charge on any atom is 0.149 e. The molecule has 0 saturated carbocycles. The molecule has 2 nitrogen and oxygen atoms in total. The van der Waals surface area contributed by atoms with Gasteiger partial charge in [-0.05, 0) is 17.7 Å². The van der Waals surface area contributed by atoms with Gasteiger partial charge in [-0.2, -0.15) is 5.10 Å². The minimum Gasteiger partial charge on any atom is -0.236 e. The smallest absolute Gasteiger partial charge is 0.149 e. The van der Waals surface area contributed by atoms with Crippen molar-refractivity contribution in [1.29, 1.82) is 0 Å². The third-order valence-corrected chi connectivity index (χ3v) is 2.47. The minimum absolute atomic E-state index is 0.289. The van der Waals surface area contributed by atoms with Gasteiger partial charge in [-0.3, -0.25) is 0 Å². The molecule has 1 aromatic carbocycles. The van der Waals surface area contributed by atoms with Crippen LogP contribution in [0.4, 0.5) is 4.39 Å². The Hall–Kier alpha value is -1.06. The average molecular weight is 245 g/mol. The lowest BCUT2D eigenvalue weighted by Crippen LogP contribution is -1.98. The molecule has 5 heteroatoms. The van der Waals surface area contributed by atoms with Crippen molar-refractivity contribution in [3.63, 3.8) is 0 Å². The molecule has 0 radical (unpaired) electrons. The van der Waals surface area contributed by atoms with Crippen LogP contribution >= 0.6 is 23.2 Å². The standard InChI is InChI=1S/C10H7Cl2FN2/c11-4-7-1-2-10(9(13)3-7)15-6-8(12)5-14-15/h1-3,5-6H,4H2. The van der Waals surface area contributed by atoms with E-state index in [4.69, 9.17) is 23.2 Å². The third-order valence-electron chi connectivity index (χ3n) is 1.96. The molecular formula is C10H7Cl2FN2. The van der Waals surface area contributed by atoms with Gasteiger partial charge in [0.25, 0.3) is 0 Å². The minimum atomic E-state index is -0.368. The molecule has 0 aliphatic heterocycles. The molecule has 0 amide bonds. The van der Waals surface area contributed by atoms with Gasteiger partial charge >= 0.3 is 0 Å². The zero-order valence-corrected chi connectivity index (χ0v) is 9.13. The Labute approximate surface area is 96.2 Å². The van der Waals surface area contributed by atoms with Crippen molar-refractivity contribution < 1.29 is 4.39 Å². The van der Waals surface area contributed by atoms with E-state index in [9.17, 15) is 4.39 Å². The molecule has 1 aromatic heterocycles. The van der Waals surface area contributed by atoms with E-state index in [1.54, 1.807) is 18.3 Å². The molecule has 0 bridgehead atoms. The first kappa shape index (κ1) is 10.5. The molecule has 0 N–H and O–H groups in total. The van der Waals surface area contributed by atoms with Gasteiger partial charge in [0, 0.05) is 12.1 Å². The summed E-state index contributed by atoms with van der Waals surface area (Å²) in [6.45, 7) is 0. The Morgan fingerprint density at radius 2 is 2.20 bits per heavy atom. The first-order valence-electron chi connectivity index (χ1n) is 4.25. The lowest BCUT2D eigenvalue weighted by molar-refractivity contribution is 0.609. The molecule has 0 fully saturated rings. The second-order valence-electron chi connectivity index (χ2n) is 3.02. The molecule has 0 aliphatic rings. The van der Waals surface area contributed by atoms with Crippen LogP contribution in [0.1, 0.15) is 5.56 Å². The topological polar surface area (TPSA) is 17.8 Å². The van der Waals surface area contributed by atoms with Crippen molar-refractivity contribution >= 4 is 23.2 Å². The van der Waals surface area contributed by atoms with Crippen molar-refractivity contribution in [1.82, 2.24) is 9.78 Å². The zero-order valence-electron chi connectivity index (χ0n) is 7.62. The van der Waals surface area contributed by atoms with Crippen LogP contribution in [-0.4, -0.2) is 9.78 Å². The largest absolute Gasteiger partial charge is 0.236 e. The lowest BCUT2D eigenvalue weighted by atomic mass is 10.2. The van der Waals surface area contributed by atoms with Crippen molar-refractivity contribution in [2.75, 3.05) is 0 Å². The van der Waals surface area contributed by atoms with Crippen LogP contribution in [0.25, 0.3) is 5.69 Å². The van der Waals surface area contributed by atoms with Crippen LogP contribution in [0.15, 0.2) is 30.6 Å². The summed E-state index contributed by atoms with van der Waals surface area (Å²) in [7, 11) is 0. The fourth-order valence-corrected chi connectivity index (χ4v) is 1.55. The number of alkyl halides is 1. The Kier molecular flexibility index (Phi) is 2.93. The van der Waals surface area contributed by atoms with E-state index in [0.29, 0.717) is 10.7 Å². The summed E-state index contributed by atoms with van der Waals surface area (Å²) in [6.07, 6.45) is 3.00. The lowest BCUT2D eigenvalue weighted by Gasteiger charge is -2.04. The molecule has 0 aliphatic carbocycles. The molecule has 0 spiro atoms. The highest BCUT2D eigenvalue weighted by molar-refractivity contribution is 6.30. The number of nitrogens with zero attached hydrogens (tertiary/aromatic N) is 2. The molecule has 15 heavy (non-hydrogen) atoms. The summed E-state index contributed by atoms with van der Waals surface area (Å²) in [5, 5.41) is 4.38. The summed E-state index contributed by atoms with van der Waals surface area (Å²) in [4.78, 5) is 0. The Bertz CT molecular complexity index is 482. The van der Waals surface area contributed by atoms with Gasteiger partial charge in [0.05, 0.1) is 11.2 Å². The van der Waals surface area contributed by atoms with Gasteiger partial charge in [0.2, 0.25) is 0 Å². The quantitative estimate of drug-likeness (QED) is 0.741. The zero-order chi connectivity index (χ0) is 10.8. The molecular weight excluding hydrogens is 238 g/mol. The number of rotatable bonds is 2. The fourth-order valence-electron chi connectivity index (χ4n) is 1.25. The second kappa shape index (κ2) is 4.21. The van der Waals surface area contributed by atoms with E-state index in [-0.39, 0.29) is 11.7 Å². The highest BCUT2D eigenvalue weighted by atomic mass is 35.5. The van der Waals surface area contributed by atoms with Crippen molar-refractivity contribution in [2.24, 2.45) is 0 Å². The Morgan fingerprint density at radius 3 is 2.73 bits per heavy atom. The Morgan fingerprint density at radius 1 is 1.40 bits per heavy atom. The number of aromatic nitrogens is 2. The highest BCUT2D eigenvalue weighted by Gasteiger charge is 2.06. The van der Waals surface area contributed by atoms with Gasteiger partial charge in [0.1, 0.15) is 11.5 Å². The summed E-state index contributed by atoms with van der Waals surface area (Å²) in [6, 6.07) is 4.76. The molecule has 78 valence electrons. The van der Waals surface area contributed by atoms with Gasteiger partial charge in [-0.1, -0.05) is 17.7 Å². The van der Waals surface area contributed by atoms with Crippen molar-refractivity contribution in [2.45, 2.75) is 5.88 Å². The van der Waals surface area contributed by atoms with Crippen LogP contribution in [0, 0.1) is 5.82 Å². The van der Waals surface area contributed by atoms with E-state index in [1.807, 2.05) is 0 Å². The monoisotopic (exact) mass is 244 g/mol. The van der Waals surface area contributed by atoms with Gasteiger partial charge in [-0.25, -0.2) is 9.07 Å². The van der Waals surface area contributed by atoms with Crippen LogP contribution in [0.2, 0.25) is 5.02 Å². The van der Waals surface area contributed by atoms with E-state index in [0.717, 1.165) is 5.56 Å². The predicted molar refractivity (Wildman–Crippen MR) is 58.1 cm³/mol. The number of benzene rings is 1. The van der Waals surface area contributed by atoms with E-state index in [2.05, 4.69) is 5.10 Å². The molecule has 2 aromatic rings. The summed E-state index contributed by atoms with van der Waals surface area (Å²) < 4.78 is 15.0.